The van der Waals surface area contributed by atoms with Crippen LogP contribution in [-0.4, -0.2) is 47.6 Å². The van der Waals surface area contributed by atoms with Crippen molar-refractivity contribution in [2.45, 2.75) is 39.2 Å². The summed E-state index contributed by atoms with van der Waals surface area (Å²) in [6.45, 7) is 5.28. The van der Waals surface area contributed by atoms with Gasteiger partial charge in [0.1, 0.15) is 6.04 Å². The first-order valence-corrected chi connectivity index (χ1v) is 9.73. The molecule has 0 aromatic heterocycles. The highest BCUT2D eigenvalue weighted by molar-refractivity contribution is 6.36. The number of carbonyl (C=O) groups is 2. The molecule has 0 aliphatic carbocycles. The molecule has 2 rings (SSSR count). The van der Waals surface area contributed by atoms with E-state index >= 15 is 0 Å². The third kappa shape index (κ3) is 5.60. The van der Waals surface area contributed by atoms with Crippen LogP contribution in [0.4, 0.5) is 0 Å². The van der Waals surface area contributed by atoms with Crippen molar-refractivity contribution in [1.82, 2.24) is 10.2 Å². The van der Waals surface area contributed by atoms with Crippen LogP contribution in [0.3, 0.4) is 0 Å². The maximum absolute atomic E-state index is 13.0. The highest BCUT2D eigenvalue weighted by Gasteiger charge is 2.30. The molecule has 1 aromatic carbocycles. The number of halogens is 2. The maximum Gasteiger partial charge on any atom is 0.253 e. The smallest absolute Gasteiger partial charge is 0.253 e. The molecular formula is C19H26Cl2N2O3. The van der Waals surface area contributed by atoms with Crippen molar-refractivity contribution in [2.24, 2.45) is 11.8 Å². The molecule has 2 atom stereocenters. The number of amides is 2. The Morgan fingerprint density at radius 3 is 2.69 bits per heavy atom. The van der Waals surface area contributed by atoms with Crippen LogP contribution in [0.1, 0.15) is 43.5 Å². The van der Waals surface area contributed by atoms with Crippen LogP contribution in [0, 0.1) is 11.8 Å². The Hall–Kier alpha value is -1.30. The molecule has 1 aliphatic rings. The SMILES string of the molecule is CC(C)CC(NC(=O)c1ccc(Cl)cc1Cl)C(=O)N1CCCC(CO)C1. The molecule has 5 nitrogen and oxygen atoms in total. The van der Waals surface area contributed by atoms with Crippen LogP contribution in [0.2, 0.25) is 10.0 Å². The lowest BCUT2D eigenvalue weighted by Crippen LogP contribution is -2.52. The summed E-state index contributed by atoms with van der Waals surface area (Å²) in [6, 6.07) is 4.04. The van der Waals surface area contributed by atoms with E-state index in [-0.39, 0.29) is 35.3 Å². The fourth-order valence-electron chi connectivity index (χ4n) is 3.24. The predicted molar refractivity (Wildman–Crippen MR) is 104 cm³/mol. The fraction of sp³-hybridized carbons (Fsp3) is 0.579. The van der Waals surface area contributed by atoms with Crippen molar-refractivity contribution in [3.8, 4) is 0 Å². The molecule has 0 bridgehead atoms. The van der Waals surface area contributed by atoms with Crippen LogP contribution in [0.5, 0.6) is 0 Å². The summed E-state index contributed by atoms with van der Waals surface area (Å²) in [6.07, 6.45) is 2.32. The Labute approximate surface area is 164 Å². The highest BCUT2D eigenvalue weighted by atomic mass is 35.5. The van der Waals surface area contributed by atoms with E-state index in [1.165, 1.54) is 6.07 Å². The first kappa shape index (κ1) is 21.0. The maximum atomic E-state index is 13.0. The van der Waals surface area contributed by atoms with Gasteiger partial charge in [0.2, 0.25) is 5.91 Å². The average molecular weight is 401 g/mol. The number of rotatable bonds is 6. The first-order valence-electron chi connectivity index (χ1n) is 8.97. The Morgan fingerprint density at radius 1 is 1.35 bits per heavy atom. The molecule has 144 valence electrons. The molecule has 26 heavy (non-hydrogen) atoms. The second-order valence-corrected chi connectivity index (χ2v) is 8.10. The van der Waals surface area contributed by atoms with E-state index < -0.39 is 6.04 Å². The Morgan fingerprint density at radius 2 is 2.08 bits per heavy atom. The lowest BCUT2D eigenvalue weighted by atomic mass is 9.96. The van der Waals surface area contributed by atoms with Crippen molar-refractivity contribution in [1.29, 1.82) is 0 Å². The molecule has 1 heterocycles. The second-order valence-electron chi connectivity index (χ2n) is 7.25. The number of hydrogen-bond donors (Lipinski definition) is 2. The van der Waals surface area contributed by atoms with Crippen molar-refractivity contribution in [3.05, 3.63) is 33.8 Å². The summed E-state index contributed by atoms with van der Waals surface area (Å²) in [5.41, 5.74) is 0.296. The molecule has 1 saturated heterocycles. The zero-order valence-corrected chi connectivity index (χ0v) is 16.7. The highest BCUT2D eigenvalue weighted by Crippen LogP contribution is 2.22. The van der Waals surface area contributed by atoms with Gasteiger partial charge in [0.25, 0.3) is 5.91 Å². The molecule has 1 aromatic rings. The van der Waals surface area contributed by atoms with E-state index in [9.17, 15) is 14.7 Å². The molecule has 2 amide bonds. The first-order chi connectivity index (χ1) is 12.3. The number of aliphatic hydroxyl groups excluding tert-OH is 1. The Balaban J connectivity index is 2.13. The molecule has 0 saturated carbocycles. The van der Waals surface area contributed by atoms with Crippen LogP contribution in [0.15, 0.2) is 18.2 Å². The van der Waals surface area contributed by atoms with Gasteiger partial charge >= 0.3 is 0 Å². The van der Waals surface area contributed by atoms with Crippen molar-refractivity contribution in [2.75, 3.05) is 19.7 Å². The summed E-state index contributed by atoms with van der Waals surface area (Å²) in [5, 5.41) is 12.9. The molecule has 0 radical (unpaired) electrons. The lowest BCUT2D eigenvalue weighted by molar-refractivity contribution is -0.135. The summed E-state index contributed by atoms with van der Waals surface area (Å²) >= 11 is 12.0. The Bertz CT molecular complexity index is 652. The fourth-order valence-corrected chi connectivity index (χ4v) is 3.73. The van der Waals surface area contributed by atoms with E-state index in [1.807, 2.05) is 13.8 Å². The van der Waals surface area contributed by atoms with Crippen LogP contribution in [-0.2, 0) is 4.79 Å². The zero-order valence-electron chi connectivity index (χ0n) is 15.2. The number of hydrogen-bond acceptors (Lipinski definition) is 3. The summed E-state index contributed by atoms with van der Waals surface area (Å²) in [4.78, 5) is 27.4. The predicted octanol–water partition coefficient (Wildman–Crippen LogP) is 3.37. The van der Waals surface area contributed by atoms with Gasteiger partial charge in [0.15, 0.2) is 0 Å². The van der Waals surface area contributed by atoms with Crippen LogP contribution in [0.25, 0.3) is 0 Å². The van der Waals surface area contributed by atoms with Gasteiger partial charge in [-0.05, 0) is 49.3 Å². The number of likely N-dealkylation sites (tertiary alicyclic amines) is 1. The van der Waals surface area contributed by atoms with Gasteiger partial charge in [-0.1, -0.05) is 37.0 Å². The standard InChI is InChI=1S/C19H26Cl2N2O3/c1-12(2)8-17(19(26)23-7-3-4-13(10-23)11-24)22-18(25)15-6-5-14(20)9-16(15)21/h5-6,9,12-13,17,24H,3-4,7-8,10-11H2,1-2H3,(H,22,25). The third-order valence-corrected chi connectivity index (χ3v) is 5.12. The quantitative estimate of drug-likeness (QED) is 0.768. The largest absolute Gasteiger partial charge is 0.396 e. The molecule has 2 unspecified atom stereocenters. The van der Waals surface area contributed by atoms with E-state index in [4.69, 9.17) is 23.2 Å². The number of nitrogens with one attached hydrogen (secondary N) is 1. The summed E-state index contributed by atoms with van der Waals surface area (Å²) < 4.78 is 0. The number of benzene rings is 1. The zero-order chi connectivity index (χ0) is 19.3. The van der Waals surface area contributed by atoms with Gasteiger partial charge in [-0.3, -0.25) is 9.59 Å². The average Bonchev–Trinajstić information content (AvgIpc) is 2.60. The molecule has 7 heteroatoms. The number of aliphatic hydroxyl groups is 1. The molecular weight excluding hydrogens is 375 g/mol. The number of carbonyl (C=O) groups excluding carboxylic acids is 2. The summed E-state index contributed by atoms with van der Waals surface area (Å²) in [5.74, 6) is -0.145. The van der Waals surface area contributed by atoms with E-state index in [0.29, 0.717) is 30.1 Å². The minimum absolute atomic E-state index is 0.0748. The van der Waals surface area contributed by atoms with Gasteiger partial charge < -0.3 is 15.3 Å². The van der Waals surface area contributed by atoms with Gasteiger partial charge in [-0.2, -0.15) is 0 Å². The molecule has 1 fully saturated rings. The van der Waals surface area contributed by atoms with Crippen LogP contribution < -0.4 is 5.32 Å². The number of nitrogens with zero attached hydrogens (tertiary/aromatic N) is 1. The van der Waals surface area contributed by atoms with E-state index in [1.54, 1.807) is 17.0 Å². The van der Waals surface area contributed by atoms with Crippen molar-refractivity contribution >= 4 is 35.0 Å². The van der Waals surface area contributed by atoms with E-state index in [0.717, 1.165) is 12.8 Å². The topological polar surface area (TPSA) is 69.6 Å². The van der Waals surface area contributed by atoms with Crippen molar-refractivity contribution in [3.63, 3.8) is 0 Å². The summed E-state index contributed by atoms with van der Waals surface area (Å²) in [7, 11) is 0. The van der Waals surface area contributed by atoms with Gasteiger partial charge in [-0.25, -0.2) is 0 Å². The Kier molecular flexibility index (Phi) is 7.74. The van der Waals surface area contributed by atoms with E-state index in [2.05, 4.69) is 5.32 Å². The van der Waals surface area contributed by atoms with Gasteiger partial charge in [0, 0.05) is 24.7 Å². The van der Waals surface area contributed by atoms with Gasteiger partial charge in [-0.15, -0.1) is 0 Å². The molecule has 0 spiro atoms. The normalized spacial score (nSPS) is 18.7. The monoisotopic (exact) mass is 400 g/mol. The van der Waals surface area contributed by atoms with Crippen LogP contribution >= 0.6 is 23.2 Å². The van der Waals surface area contributed by atoms with Crippen molar-refractivity contribution < 1.29 is 14.7 Å². The third-order valence-electron chi connectivity index (χ3n) is 4.58. The lowest BCUT2D eigenvalue weighted by Gasteiger charge is -2.35. The molecule has 1 aliphatic heterocycles. The minimum Gasteiger partial charge on any atom is -0.396 e. The second kappa shape index (κ2) is 9.58. The number of piperidine rings is 1. The van der Waals surface area contributed by atoms with Gasteiger partial charge in [0.05, 0.1) is 10.6 Å². The minimum atomic E-state index is -0.619. The molecule has 2 N–H and O–H groups in total.